The molecule has 3 aromatic heterocycles. The SMILES string of the molecule is Cc1ncsc1-c1ccc([C@H](C)NC(=O)[C@@H]2C[C@@H](O)CN2C(=O)C(NC(=O)/C=C/c2ccc(F)c(O[C@H](C)CNC(=O)C[C@@H]3N=C(c4ccc(Cl)cc4)c4c(sc(C)c4C)-n4c(C)nnc43)c2)C(C)(C)C)cc1. The van der Waals surface area contributed by atoms with E-state index in [4.69, 9.17) is 21.3 Å². The van der Waals surface area contributed by atoms with Crippen LogP contribution in [0.1, 0.15) is 110 Å². The average molecular weight is 1050 g/mol. The number of carbonyl (C=O) groups excluding carboxylic acids is 4. The molecule has 382 valence electrons. The molecular formula is C54H59ClFN9O6S2. The Balaban J connectivity index is 0.882. The first kappa shape index (κ1) is 52.7. The Kier molecular flexibility index (Phi) is 15.8. The Bertz CT molecular complexity index is 3110. The number of thiazole rings is 1. The summed E-state index contributed by atoms with van der Waals surface area (Å²) < 4.78 is 23.1. The minimum absolute atomic E-state index is 0.0402. The zero-order chi connectivity index (χ0) is 52.5. The topological polar surface area (TPSA) is 193 Å². The van der Waals surface area contributed by atoms with Crippen LogP contribution >= 0.6 is 34.3 Å². The molecule has 0 saturated carbocycles. The smallest absolute Gasteiger partial charge is 0.246 e. The van der Waals surface area contributed by atoms with Gasteiger partial charge in [0.05, 0.1) is 46.9 Å². The van der Waals surface area contributed by atoms with Crippen molar-refractivity contribution in [3.63, 3.8) is 0 Å². The number of likely N-dealkylation sites (tertiary alicyclic amines) is 1. The summed E-state index contributed by atoms with van der Waals surface area (Å²) in [6, 6.07) is 16.3. The number of aryl methyl sites for hydroxylation is 3. The van der Waals surface area contributed by atoms with E-state index in [1.54, 1.807) is 55.9 Å². The highest BCUT2D eigenvalue weighted by molar-refractivity contribution is 7.15. The number of hydrogen-bond donors (Lipinski definition) is 4. The average Bonchev–Trinajstić information content (AvgIpc) is 4.12. The summed E-state index contributed by atoms with van der Waals surface area (Å²) in [7, 11) is 0. The molecule has 6 atom stereocenters. The van der Waals surface area contributed by atoms with Crippen molar-refractivity contribution in [1.82, 2.24) is 40.6 Å². The van der Waals surface area contributed by atoms with Gasteiger partial charge in [-0.15, -0.1) is 32.9 Å². The van der Waals surface area contributed by atoms with Gasteiger partial charge in [-0.1, -0.05) is 74.8 Å². The lowest BCUT2D eigenvalue weighted by Crippen LogP contribution is -2.57. The molecule has 4 N–H and O–H groups in total. The fourth-order valence-corrected chi connectivity index (χ4v) is 11.1. The molecule has 5 heterocycles. The van der Waals surface area contributed by atoms with E-state index in [2.05, 4.69) is 45.0 Å². The van der Waals surface area contributed by atoms with Crippen molar-refractivity contribution in [3.8, 4) is 21.2 Å². The van der Waals surface area contributed by atoms with Crippen LogP contribution in [-0.4, -0.2) is 96.5 Å². The molecule has 1 fully saturated rings. The van der Waals surface area contributed by atoms with Crippen molar-refractivity contribution in [2.75, 3.05) is 13.1 Å². The van der Waals surface area contributed by atoms with Gasteiger partial charge in [-0.05, 0) is 99.6 Å². The lowest BCUT2D eigenvalue weighted by molar-refractivity contribution is -0.143. The van der Waals surface area contributed by atoms with Crippen molar-refractivity contribution in [3.05, 3.63) is 139 Å². The minimum Gasteiger partial charge on any atom is -0.486 e. The predicted octanol–water partition coefficient (Wildman–Crippen LogP) is 8.73. The van der Waals surface area contributed by atoms with Crippen LogP contribution in [0.15, 0.2) is 83.3 Å². The number of aliphatic hydroxyl groups is 1. The van der Waals surface area contributed by atoms with Gasteiger partial charge in [-0.3, -0.25) is 28.7 Å². The van der Waals surface area contributed by atoms with Gasteiger partial charge in [-0.25, -0.2) is 9.37 Å². The van der Waals surface area contributed by atoms with Crippen molar-refractivity contribution in [2.24, 2.45) is 10.4 Å². The molecule has 1 saturated heterocycles. The van der Waals surface area contributed by atoms with E-state index in [1.165, 1.54) is 35.3 Å². The van der Waals surface area contributed by atoms with E-state index >= 15 is 4.39 Å². The summed E-state index contributed by atoms with van der Waals surface area (Å²) in [5, 5.41) is 29.8. The summed E-state index contributed by atoms with van der Waals surface area (Å²) in [5.41, 5.74) is 7.88. The number of rotatable bonds is 15. The number of aliphatic hydroxyl groups excluding tert-OH is 1. The number of β-amino-alcohol motifs (C(OH)–C–C–N with tert-alkyl or cyclic N) is 1. The summed E-state index contributed by atoms with van der Waals surface area (Å²) in [6.45, 7) is 16.9. The molecule has 2 aliphatic rings. The van der Waals surface area contributed by atoms with Gasteiger partial charge in [0.25, 0.3) is 0 Å². The van der Waals surface area contributed by atoms with E-state index in [-0.39, 0.29) is 37.6 Å². The molecule has 6 aromatic rings. The number of nitrogens with one attached hydrogen (secondary N) is 3. The van der Waals surface area contributed by atoms with Crippen molar-refractivity contribution >= 4 is 69.7 Å². The van der Waals surface area contributed by atoms with E-state index in [0.717, 1.165) is 54.0 Å². The number of hydrogen-bond acceptors (Lipinski definition) is 12. The predicted molar refractivity (Wildman–Crippen MR) is 283 cm³/mol. The van der Waals surface area contributed by atoms with Crippen LogP contribution in [0.4, 0.5) is 4.39 Å². The van der Waals surface area contributed by atoms with Crippen molar-refractivity contribution < 1.29 is 33.4 Å². The van der Waals surface area contributed by atoms with Crippen LogP contribution in [0.5, 0.6) is 5.75 Å². The number of halogens is 2. The van der Waals surface area contributed by atoms with Crippen LogP contribution in [0.3, 0.4) is 0 Å². The fourth-order valence-electron chi connectivity index (χ4n) is 8.99. The molecule has 0 aliphatic carbocycles. The number of thiophene rings is 1. The first-order valence-corrected chi connectivity index (χ1v) is 26.1. The highest BCUT2D eigenvalue weighted by Crippen LogP contribution is 2.40. The maximum atomic E-state index is 15.2. The van der Waals surface area contributed by atoms with Gasteiger partial charge < -0.3 is 30.7 Å². The molecule has 3 aromatic carbocycles. The molecule has 73 heavy (non-hydrogen) atoms. The number of nitrogens with zero attached hydrogens (tertiary/aromatic N) is 6. The normalized spacial score (nSPS) is 17.8. The Labute approximate surface area is 437 Å². The number of amides is 4. The summed E-state index contributed by atoms with van der Waals surface area (Å²) in [4.78, 5) is 68.2. The van der Waals surface area contributed by atoms with Gasteiger partial charge >= 0.3 is 0 Å². The molecular weight excluding hydrogens is 989 g/mol. The monoisotopic (exact) mass is 1050 g/mol. The van der Waals surface area contributed by atoms with E-state index in [0.29, 0.717) is 22.2 Å². The van der Waals surface area contributed by atoms with E-state index in [9.17, 15) is 24.3 Å². The van der Waals surface area contributed by atoms with Gasteiger partial charge in [0.2, 0.25) is 23.6 Å². The van der Waals surface area contributed by atoms with Crippen LogP contribution in [-0.2, 0) is 19.2 Å². The van der Waals surface area contributed by atoms with Crippen molar-refractivity contribution in [2.45, 2.75) is 112 Å². The zero-order valence-corrected chi connectivity index (χ0v) is 44.5. The number of aliphatic imine (C=N–C) groups is 1. The maximum absolute atomic E-state index is 15.2. The third-order valence-corrected chi connectivity index (χ3v) is 15.5. The number of ether oxygens (including phenoxy) is 1. The maximum Gasteiger partial charge on any atom is 0.246 e. The standard InChI is InChI=1S/C54H59ClFN9O6S2/c1-28(25-57-45(68)24-41-50-63-62-33(6)65(50)53-46(29(2)32(5)73-53)47(60-41)36-16-18-38(55)19-17-36)71-43-22-34(10-20-40(43)56)11-21-44(67)61-49(54(7,8)9)52(70)64-26-39(66)23-42(64)51(69)59-30(3)35-12-14-37(15-13-35)48-31(4)58-27-72-48/h10-22,27-28,30,39,41-42,49,66H,23-26H2,1-9H3,(H,57,68)(H,59,69)(H,61,67)/b21-11+/t28-,30+,39-,41+,42+,49?/m1/s1. The second kappa shape index (κ2) is 21.9. The van der Waals surface area contributed by atoms with Crippen LogP contribution in [0.25, 0.3) is 21.5 Å². The van der Waals surface area contributed by atoms with E-state index < -0.39 is 65.3 Å². The number of benzene rings is 3. The second-order valence-electron chi connectivity index (χ2n) is 19.7. The largest absolute Gasteiger partial charge is 0.486 e. The Morgan fingerprint density at radius 2 is 1.68 bits per heavy atom. The highest BCUT2D eigenvalue weighted by Gasteiger charge is 2.45. The molecule has 19 heteroatoms. The van der Waals surface area contributed by atoms with Crippen LogP contribution in [0, 0.1) is 38.9 Å². The molecule has 2 aliphatic heterocycles. The molecule has 8 rings (SSSR count). The Morgan fingerprint density at radius 1 is 0.973 bits per heavy atom. The van der Waals surface area contributed by atoms with Gasteiger partial charge in [0.15, 0.2) is 17.4 Å². The van der Waals surface area contributed by atoms with Crippen LogP contribution < -0.4 is 20.7 Å². The molecule has 1 unspecified atom stereocenters. The number of fused-ring (bicyclic) bond motifs is 3. The number of aromatic nitrogens is 4. The molecule has 4 amide bonds. The van der Waals surface area contributed by atoms with Gasteiger partial charge in [0, 0.05) is 40.1 Å². The molecule has 0 radical (unpaired) electrons. The quantitative estimate of drug-likeness (QED) is 0.0728. The third kappa shape index (κ3) is 11.8. The first-order chi connectivity index (χ1) is 34.7. The molecule has 0 bridgehead atoms. The lowest BCUT2D eigenvalue weighted by atomic mass is 9.85. The molecule has 15 nitrogen and oxygen atoms in total. The third-order valence-electron chi connectivity index (χ3n) is 13.1. The summed E-state index contributed by atoms with van der Waals surface area (Å²) in [5.74, 6) is -1.38. The zero-order valence-electron chi connectivity index (χ0n) is 42.1. The van der Waals surface area contributed by atoms with E-state index in [1.807, 2.05) is 73.9 Å². The highest BCUT2D eigenvalue weighted by atomic mass is 35.5. The summed E-state index contributed by atoms with van der Waals surface area (Å²) in [6.07, 6.45) is 1.09. The second-order valence-corrected chi connectivity index (χ2v) is 22.2. The fraction of sp³-hybridized carbons (Fsp3) is 0.370. The minimum atomic E-state index is -1.07. The summed E-state index contributed by atoms with van der Waals surface area (Å²) >= 11 is 9.43. The Morgan fingerprint density at radius 3 is 2.37 bits per heavy atom. The first-order valence-electron chi connectivity index (χ1n) is 24.0. The van der Waals surface area contributed by atoms with Gasteiger partial charge in [0.1, 0.15) is 35.1 Å². The lowest BCUT2D eigenvalue weighted by Gasteiger charge is -2.35. The van der Waals surface area contributed by atoms with Gasteiger partial charge in [-0.2, -0.15) is 0 Å². The Hall–Kier alpha value is -6.60. The molecule has 0 spiro atoms. The number of carbonyl (C=O) groups is 4. The van der Waals surface area contributed by atoms with Crippen molar-refractivity contribution in [1.29, 1.82) is 0 Å². The van der Waals surface area contributed by atoms with Crippen LogP contribution in [0.2, 0.25) is 5.02 Å².